The van der Waals surface area contributed by atoms with Crippen molar-refractivity contribution >= 4 is 5.78 Å². The maximum atomic E-state index is 11.7. The van der Waals surface area contributed by atoms with E-state index < -0.39 is 0 Å². The van der Waals surface area contributed by atoms with E-state index in [0.29, 0.717) is 0 Å². The Balaban J connectivity index is 2.01. The summed E-state index contributed by atoms with van der Waals surface area (Å²) in [5.74, 6) is 0.173. The first kappa shape index (κ1) is 12.2. The number of Topliss-reactive ketones (excluding diaryl/α,β-unsaturated/α-hetero) is 1. The van der Waals surface area contributed by atoms with E-state index >= 15 is 0 Å². The minimum atomic E-state index is 0.173. The van der Waals surface area contributed by atoms with Gasteiger partial charge >= 0.3 is 0 Å². The molecular formula is C18H18O. The Labute approximate surface area is 114 Å². The fourth-order valence-corrected chi connectivity index (χ4v) is 2.86. The maximum absolute atomic E-state index is 11.7. The highest BCUT2D eigenvalue weighted by Crippen LogP contribution is 2.20. The average Bonchev–Trinajstić information content (AvgIpc) is 2.42. The first-order valence-electron chi connectivity index (χ1n) is 6.93. The largest absolute Gasteiger partial charge is 0.295 e. The molecule has 2 aromatic carbocycles. The topological polar surface area (TPSA) is 17.1 Å². The number of ketones is 1. The fourth-order valence-electron chi connectivity index (χ4n) is 2.86. The number of hydrogen-bond acceptors (Lipinski definition) is 1. The zero-order valence-corrected chi connectivity index (χ0v) is 11.3. The van der Waals surface area contributed by atoms with E-state index in [1.54, 1.807) is 6.92 Å². The first-order chi connectivity index (χ1) is 9.22. The monoisotopic (exact) mass is 250 g/mol. The molecule has 0 N–H and O–H groups in total. The molecule has 0 fully saturated rings. The Morgan fingerprint density at radius 2 is 1.47 bits per heavy atom. The van der Waals surface area contributed by atoms with E-state index in [1.807, 2.05) is 6.07 Å². The molecule has 0 heterocycles. The van der Waals surface area contributed by atoms with E-state index in [-0.39, 0.29) is 5.78 Å². The second kappa shape index (κ2) is 5.00. The molecule has 4 bridgehead atoms. The SMILES string of the molecule is CC(=O)c1ccc2cc1CCc1cccc(c1)CC2. The Bertz CT molecular complexity index is 625. The summed E-state index contributed by atoms with van der Waals surface area (Å²) in [6.07, 6.45) is 4.09. The third-order valence-electron chi connectivity index (χ3n) is 3.93. The molecular weight excluding hydrogens is 232 g/mol. The highest BCUT2D eigenvalue weighted by atomic mass is 16.1. The second-order valence-electron chi connectivity index (χ2n) is 5.37. The van der Waals surface area contributed by atoms with Crippen LogP contribution < -0.4 is 0 Å². The normalized spacial score (nSPS) is 13.9. The van der Waals surface area contributed by atoms with Gasteiger partial charge in [-0.2, -0.15) is 0 Å². The van der Waals surface area contributed by atoms with Crippen LogP contribution in [-0.2, 0) is 25.7 Å². The van der Waals surface area contributed by atoms with Crippen molar-refractivity contribution in [1.29, 1.82) is 0 Å². The van der Waals surface area contributed by atoms with Gasteiger partial charge in [0, 0.05) is 5.56 Å². The van der Waals surface area contributed by atoms with E-state index in [4.69, 9.17) is 0 Å². The summed E-state index contributed by atoms with van der Waals surface area (Å²) in [6.45, 7) is 1.66. The van der Waals surface area contributed by atoms with Gasteiger partial charge in [0.05, 0.1) is 0 Å². The molecule has 2 aromatic rings. The Kier molecular flexibility index (Phi) is 3.20. The van der Waals surface area contributed by atoms with Gasteiger partial charge in [-0.25, -0.2) is 0 Å². The van der Waals surface area contributed by atoms with Gasteiger partial charge in [0.15, 0.2) is 5.78 Å². The summed E-state index contributed by atoms with van der Waals surface area (Å²) in [4.78, 5) is 11.7. The number of aryl methyl sites for hydroxylation is 4. The quantitative estimate of drug-likeness (QED) is 0.704. The Morgan fingerprint density at radius 1 is 0.842 bits per heavy atom. The summed E-state index contributed by atoms with van der Waals surface area (Å²) in [5.41, 5.74) is 6.22. The molecule has 0 unspecified atom stereocenters. The lowest BCUT2D eigenvalue weighted by atomic mass is 9.91. The third-order valence-corrected chi connectivity index (χ3v) is 3.93. The lowest BCUT2D eigenvalue weighted by Gasteiger charge is -2.13. The van der Waals surface area contributed by atoms with Crippen molar-refractivity contribution < 1.29 is 4.79 Å². The van der Waals surface area contributed by atoms with Gasteiger partial charge in [-0.15, -0.1) is 0 Å². The number of carbonyl (C=O) groups is 1. The number of fused-ring (bicyclic) bond motifs is 4. The van der Waals surface area contributed by atoms with Gasteiger partial charge in [-0.3, -0.25) is 4.79 Å². The van der Waals surface area contributed by atoms with Crippen molar-refractivity contribution in [3.05, 3.63) is 70.3 Å². The van der Waals surface area contributed by atoms with Gasteiger partial charge in [0.25, 0.3) is 0 Å². The fraction of sp³-hybridized carbons (Fsp3) is 0.278. The smallest absolute Gasteiger partial charge is 0.160 e. The van der Waals surface area contributed by atoms with Crippen molar-refractivity contribution in [2.45, 2.75) is 32.6 Å². The maximum Gasteiger partial charge on any atom is 0.160 e. The van der Waals surface area contributed by atoms with Crippen LogP contribution in [0.3, 0.4) is 0 Å². The van der Waals surface area contributed by atoms with Gasteiger partial charge in [-0.1, -0.05) is 42.5 Å². The van der Waals surface area contributed by atoms with Crippen molar-refractivity contribution in [2.24, 2.45) is 0 Å². The summed E-state index contributed by atoms with van der Waals surface area (Å²) in [5, 5.41) is 0. The van der Waals surface area contributed by atoms with Gasteiger partial charge in [0.2, 0.25) is 0 Å². The van der Waals surface area contributed by atoms with Gasteiger partial charge in [-0.05, 0) is 54.9 Å². The van der Waals surface area contributed by atoms with Crippen LogP contribution in [0.1, 0.15) is 39.5 Å². The summed E-state index contributed by atoms with van der Waals surface area (Å²) < 4.78 is 0. The van der Waals surface area contributed by atoms with Gasteiger partial charge in [0.1, 0.15) is 0 Å². The van der Waals surface area contributed by atoms with Crippen molar-refractivity contribution in [3.63, 3.8) is 0 Å². The Hall–Kier alpha value is -1.89. The van der Waals surface area contributed by atoms with Crippen LogP contribution in [0.5, 0.6) is 0 Å². The zero-order chi connectivity index (χ0) is 13.2. The van der Waals surface area contributed by atoms with Crippen LogP contribution in [0.25, 0.3) is 0 Å². The first-order valence-corrected chi connectivity index (χ1v) is 6.93. The number of carbonyl (C=O) groups excluding carboxylic acids is 1. The second-order valence-corrected chi connectivity index (χ2v) is 5.37. The van der Waals surface area contributed by atoms with Crippen LogP contribution >= 0.6 is 0 Å². The summed E-state index contributed by atoms with van der Waals surface area (Å²) in [6, 6.07) is 15.2. The molecule has 0 radical (unpaired) electrons. The standard InChI is InChI=1S/C18H18O/c1-13(19)18-10-8-16-6-5-14-3-2-4-15(11-14)7-9-17(18)12-16/h2-4,8,10-12H,5-7,9H2,1H3. The molecule has 96 valence electrons. The average molecular weight is 250 g/mol. The summed E-state index contributed by atoms with van der Waals surface area (Å²) in [7, 11) is 0. The van der Waals surface area contributed by atoms with Gasteiger partial charge < -0.3 is 0 Å². The van der Waals surface area contributed by atoms with Crippen LogP contribution in [0.15, 0.2) is 42.5 Å². The molecule has 0 aromatic heterocycles. The molecule has 1 aliphatic rings. The molecule has 0 amide bonds. The van der Waals surface area contributed by atoms with Crippen molar-refractivity contribution in [3.8, 4) is 0 Å². The van der Waals surface area contributed by atoms with E-state index in [9.17, 15) is 4.79 Å². The molecule has 0 saturated heterocycles. The highest BCUT2D eigenvalue weighted by Gasteiger charge is 2.10. The number of benzene rings is 2. The zero-order valence-electron chi connectivity index (χ0n) is 11.3. The lowest BCUT2D eigenvalue weighted by molar-refractivity contribution is 0.101. The van der Waals surface area contributed by atoms with Crippen LogP contribution in [0.4, 0.5) is 0 Å². The van der Waals surface area contributed by atoms with Crippen LogP contribution in [0, 0.1) is 0 Å². The Morgan fingerprint density at radius 3 is 2.16 bits per heavy atom. The molecule has 1 heteroatoms. The minimum absolute atomic E-state index is 0.173. The molecule has 19 heavy (non-hydrogen) atoms. The molecule has 1 nitrogen and oxygen atoms in total. The highest BCUT2D eigenvalue weighted by molar-refractivity contribution is 5.95. The third kappa shape index (κ3) is 2.60. The summed E-state index contributed by atoms with van der Waals surface area (Å²) >= 11 is 0. The molecule has 0 saturated carbocycles. The van der Waals surface area contributed by atoms with Crippen molar-refractivity contribution in [2.75, 3.05) is 0 Å². The lowest BCUT2D eigenvalue weighted by Crippen LogP contribution is -2.05. The minimum Gasteiger partial charge on any atom is -0.295 e. The van der Waals surface area contributed by atoms with Crippen molar-refractivity contribution in [1.82, 2.24) is 0 Å². The molecule has 0 atom stereocenters. The molecule has 1 aliphatic carbocycles. The predicted molar refractivity (Wildman–Crippen MR) is 77.7 cm³/mol. The number of rotatable bonds is 1. The van der Waals surface area contributed by atoms with E-state index in [0.717, 1.165) is 31.2 Å². The molecule has 3 rings (SSSR count). The number of hydrogen-bond donors (Lipinski definition) is 0. The van der Waals surface area contributed by atoms with E-state index in [1.165, 1.54) is 22.3 Å². The predicted octanol–water partition coefficient (Wildman–Crippen LogP) is 3.77. The molecule has 0 spiro atoms. The molecule has 0 aliphatic heterocycles. The van der Waals surface area contributed by atoms with Crippen LogP contribution in [0.2, 0.25) is 0 Å². The van der Waals surface area contributed by atoms with E-state index in [2.05, 4.69) is 36.4 Å². The van der Waals surface area contributed by atoms with Crippen LogP contribution in [-0.4, -0.2) is 5.78 Å².